The van der Waals surface area contributed by atoms with E-state index in [1.54, 1.807) is 0 Å². The zero-order valence-electron chi connectivity index (χ0n) is 56.5. The van der Waals surface area contributed by atoms with Crippen LogP contribution in [0.3, 0.4) is 0 Å². The molecule has 0 radical (unpaired) electrons. The average molecular weight is 1100 g/mol. The molecule has 4 aromatic heterocycles. The van der Waals surface area contributed by atoms with Gasteiger partial charge in [-0.25, -0.2) is 4.98 Å². The first-order chi connectivity index (χ1) is 43.9. The van der Waals surface area contributed by atoms with Crippen molar-refractivity contribution in [2.24, 2.45) is 0 Å². The molecule has 0 aliphatic carbocycles. The van der Waals surface area contributed by atoms with E-state index in [-0.39, 0.29) is 45.2 Å². The molecule has 0 amide bonds. The Kier molecular flexibility index (Phi) is 9.66. The first kappa shape index (κ1) is 43.0. The lowest BCUT2D eigenvalue weighted by Gasteiger charge is -2.26. The molecule has 1 aliphatic rings. The number of hydrogen-bond acceptors (Lipinski definition) is 2. The quantitative estimate of drug-likeness (QED) is 0.123. The number of ether oxygens (including phenoxy) is 1. The van der Waals surface area contributed by atoms with E-state index >= 15 is 0 Å². The molecule has 10 aromatic carbocycles. The predicted molar refractivity (Wildman–Crippen MR) is 348 cm³/mol. The van der Waals surface area contributed by atoms with E-state index in [0.717, 1.165) is 77.2 Å². The lowest BCUT2D eigenvalue weighted by molar-refractivity contribution is -0.571. The van der Waals surface area contributed by atoms with Gasteiger partial charge in [0, 0.05) is 33.8 Å². The summed E-state index contributed by atoms with van der Waals surface area (Å²) < 4.78 is 93.4. The fraction of sp³-hybridized carbons (Fsp3) is 0.154. The molecule has 0 atom stereocenters. The van der Waals surface area contributed by atoms with Crippen LogP contribution < -0.4 is 9.30 Å². The SMILES string of the molecule is [2H]c1c([2H])c([2H])c2c(c1[2H])-c1cc(C(C)(C)C)cc(-n3c4ccccc4c4ccccc43)c1-[n+]1[c-]n(-c3cccc(Oc4ccc5c6ccccc6n(-c6cc(C(C)(C)C)ccn6)c5c4)c3)c3cc(-c4ccc(C(C)(C)C)cc4)cc(c31)-c1c([2H])c([2H])c([2H])c([2H])c1-2. The van der Waals surface area contributed by atoms with E-state index in [2.05, 4.69) is 181 Å². The number of fused-ring (bicyclic) bond motifs is 13. The molecule has 0 unspecified atom stereocenters. The van der Waals surface area contributed by atoms with Crippen molar-refractivity contribution >= 4 is 54.6 Å². The van der Waals surface area contributed by atoms with E-state index in [9.17, 15) is 11.0 Å². The van der Waals surface area contributed by atoms with Gasteiger partial charge >= 0.3 is 0 Å². The van der Waals surface area contributed by atoms with E-state index < -0.39 is 41.7 Å². The molecule has 84 heavy (non-hydrogen) atoms. The van der Waals surface area contributed by atoms with Gasteiger partial charge in [-0.1, -0.05) is 208 Å². The summed E-state index contributed by atoms with van der Waals surface area (Å²) in [5.74, 6) is 1.93. The third kappa shape index (κ3) is 8.29. The minimum absolute atomic E-state index is 0.0386. The Labute approximate surface area is 502 Å². The Balaban J connectivity index is 1.07. The number of aromatic nitrogens is 5. The molecule has 5 heterocycles. The summed E-state index contributed by atoms with van der Waals surface area (Å²) in [6.45, 7) is 19.4. The minimum Gasteiger partial charge on any atom is -0.458 e. The summed E-state index contributed by atoms with van der Waals surface area (Å²) in [7, 11) is 0. The van der Waals surface area contributed by atoms with Gasteiger partial charge in [-0.3, -0.25) is 13.7 Å². The zero-order chi connectivity index (χ0) is 64.4. The normalized spacial score (nSPS) is 13.9. The minimum atomic E-state index is -0.547. The summed E-state index contributed by atoms with van der Waals surface area (Å²) in [6.07, 6.45) is 5.76. The summed E-state index contributed by atoms with van der Waals surface area (Å²) in [4.78, 5) is 4.93. The Bertz CT molecular complexity index is 5430. The molecular formula is C78H65N5O. The van der Waals surface area contributed by atoms with E-state index in [1.165, 1.54) is 0 Å². The monoisotopic (exact) mass is 1100 g/mol. The predicted octanol–water partition coefficient (Wildman–Crippen LogP) is 20.0. The second-order valence-electron chi connectivity index (χ2n) is 25.3. The highest BCUT2D eigenvalue weighted by Gasteiger charge is 2.31. The van der Waals surface area contributed by atoms with E-state index in [1.807, 2.05) is 88.1 Å². The fourth-order valence-electron chi connectivity index (χ4n) is 12.4. The Hall–Kier alpha value is -9.78. The maximum atomic E-state index is 10.2. The Morgan fingerprint density at radius 1 is 0.429 bits per heavy atom. The molecule has 0 spiro atoms. The van der Waals surface area contributed by atoms with Crippen molar-refractivity contribution in [3.8, 4) is 78.9 Å². The van der Waals surface area contributed by atoms with Crippen molar-refractivity contribution in [3.05, 3.63) is 253 Å². The second-order valence-corrected chi connectivity index (χ2v) is 25.3. The number of rotatable bonds is 6. The molecule has 6 nitrogen and oxygen atoms in total. The van der Waals surface area contributed by atoms with E-state index in [4.69, 9.17) is 9.72 Å². The Morgan fingerprint density at radius 3 is 1.61 bits per heavy atom. The summed E-state index contributed by atoms with van der Waals surface area (Å²) >= 11 is 0. The highest BCUT2D eigenvalue weighted by atomic mass is 16.5. The molecule has 0 saturated heterocycles. The van der Waals surface area contributed by atoms with Gasteiger partial charge in [0.2, 0.25) is 0 Å². The summed E-state index contributed by atoms with van der Waals surface area (Å²) in [6, 6.07) is 56.0. The van der Waals surface area contributed by atoms with Gasteiger partial charge in [0.05, 0.1) is 61.1 Å². The molecule has 0 bridgehead atoms. The standard InChI is InChI=1S/C78H65N5O/c1-76(2,3)51-35-33-49(34-36-51)50-41-65-59-25-12-10-23-57(59)58-24-11-13-26-60(58)66-43-53(78(7,8)9)44-72(82-67-30-17-14-27-61(67)62-28-15-18-31-68(62)82)75(66)81-48-80(71(42-50)74(65)81)54-21-20-22-55(46-54)84-56-37-38-64-63-29-16-19-32-69(63)83(70(64)47-56)73-45-52(39-40-79-73)77(4,5)6/h10-47H,1-9H3/i10D,11D,12D,13D,23D,24D,25D,26D. The van der Waals surface area contributed by atoms with Crippen molar-refractivity contribution < 1.29 is 20.3 Å². The molecular weight excluding hydrogens is 1020 g/mol. The van der Waals surface area contributed by atoms with Gasteiger partial charge in [-0.15, -0.1) is 0 Å². The van der Waals surface area contributed by atoms with Crippen LogP contribution in [0.2, 0.25) is 0 Å². The van der Waals surface area contributed by atoms with Crippen LogP contribution in [-0.4, -0.2) is 18.7 Å². The molecule has 0 N–H and O–H groups in total. The largest absolute Gasteiger partial charge is 0.458 e. The van der Waals surface area contributed by atoms with Crippen molar-refractivity contribution in [1.29, 1.82) is 0 Å². The van der Waals surface area contributed by atoms with Crippen LogP contribution in [-0.2, 0) is 16.2 Å². The van der Waals surface area contributed by atoms with Crippen LogP contribution in [0.1, 0.15) is 90.0 Å². The summed E-state index contributed by atoms with van der Waals surface area (Å²) in [5.41, 5.74) is 11.5. The van der Waals surface area contributed by atoms with Crippen molar-refractivity contribution in [3.63, 3.8) is 0 Å². The number of nitrogens with zero attached hydrogens (tertiary/aromatic N) is 5. The molecule has 0 fully saturated rings. The number of pyridine rings is 1. The number of para-hydroxylation sites is 3. The lowest BCUT2D eigenvalue weighted by atomic mass is 9.82. The third-order valence-electron chi connectivity index (χ3n) is 16.8. The maximum Gasteiger partial charge on any atom is 0.269 e. The topological polar surface area (TPSA) is 40.8 Å². The van der Waals surface area contributed by atoms with Crippen molar-refractivity contribution in [2.75, 3.05) is 0 Å². The highest BCUT2D eigenvalue weighted by Crippen LogP contribution is 2.48. The third-order valence-corrected chi connectivity index (χ3v) is 16.8. The van der Waals surface area contributed by atoms with Crippen LogP contribution in [0.5, 0.6) is 11.5 Å². The first-order valence-electron chi connectivity index (χ1n) is 32.7. The molecule has 0 saturated carbocycles. The highest BCUT2D eigenvalue weighted by molar-refractivity contribution is 6.11. The second kappa shape index (κ2) is 18.9. The fourth-order valence-corrected chi connectivity index (χ4v) is 12.4. The number of imidazole rings is 1. The van der Waals surface area contributed by atoms with Crippen LogP contribution >= 0.6 is 0 Å². The van der Waals surface area contributed by atoms with Gasteiger partial charge in [0.1, 0.15) is 17.3 Å². The zero-order valence-corrected chi connectivity index (χ0v) is 48.5. The number of hydrogen-bond donors (Lipinski definition) is 0. The molecule has 14 aromatic rings. The van der Waals surface area contributed by atoms with Gasteiger partial charge in [-0.05, 0) is 150 Å². The number of benzene rings is 10. The summed E-state index contributed by atoms with van der Waals surface area (Å²) in [5, 5.41) is 4.14. The van der Waals surface area contributed by atoms with Gasteiger partial charge in [-0.2, -0.15) is 0 Å². The maximum absolute atomic E-state index is 10.2. The van der Waals surface area contributed by atoms with Gasteiger partial charge in [0.25, 0.3) is 6.33 Å². The average Bonchev–Trinajstić information content (AvgIpc) is 1.58. The van der Waals surface area contributed by atoms with Crippen molar-refractivity contribution in [1.82, 2.24) is 18.7 Å². The lowest BCUT2D eigenvalue weighted by Crippen LogP contribution is -2.33. The first-order valence-corrected chi connectivity index (χ1v) is 28.7. The van der Waals surface area contributed by atoms with Crippen molar-refractivity contribution in [2.45, 2.75) is 78.6 Å². The van der Waals surface area contributed by atoms with Crippen LogP contribution in [0.25, 0.3) is 122 Å². The molecule has 15 rings (SSSR count). The van der Waals surface area contributed by atoms with Crippen LogP contribution in [0, 0.1) is 6.33 Å². The van der Waals surface area contributed by atoms with Crippen LogP contribution in [0.4, 0.5) is 0 Å². The molecule has 1 aliphatic heterocycles. The van der Waals surface area contributed by atoms with Gasteiger partial charge < -0.3 is 9.30 Å². The smallest absolute Gasteiger partial charge is 0.269 e. The Morgan fingerprint density at radius 2 is 0.988 bits per heavy atom. The van der Waals surface area contributed by atoms with Gasteiger partial charge in [0.15, 0.2) is 0 Å². The molecule has 408 valence electrons. The van der Waals surface area contributed by atoms with E-state index in [0.29, 0.717) is 50.7 Å². The molecule has 6 heteroatoms. The van der Waals surface area contributed by atoms with Crippen LogP contribution in [0.15, 0.2) is 230 Å².